The molecule has 0 aromatic carbocycles. The Labute approximate surface area is 50.2 Å². The molecule has 0 atom stereocenters. The third-order valence-corrected chi connectivity index (χ3v) is 0.671. The largest absolute Gasteiger partial charge is 0.306 e. The second-order valence-corrected chi connectivity index (χ2v) is 1.61. The molecule has 0 spiro atoms. The number of hydrogen-bond donors (Lipinski definition) is 1. The van der Waals surface area contributed by atoms with Crippen LogP contribution in [0.4, 0.5) is 0 Å². The van der Waals surface area contributed by atoms with Crippen molar-refractivity contribution in [1.82, 2.24) is 0 Å². The first kappa shape index (κ1) is 7.15. The van der Waals surface area contributed by atoms with Crippen LogP contribution in [0.1, 0.15) is 13.3 Å². The van der Waals surface area contributed by atoms with Gasteiger partial charge in [-0.1, -0.05) is 12.2 Å². The molecule has 0 radical (unpaired) electrons. The van der Waals surface area contributed by atoms with E-state index in [1.807, 2.05) is 6.08 Å². The molecule has 0 heterocycles. The predicted octanol–water partition coefficient (Wildman–Crippen LogP) is 2.16. The third kappa shape index (κ3) is 5.15. The number of rotatable bonds is 3. The SMILES string of the molecule is C=CC/C=C\C(C)=N. The van der Waals surface area contributed by atoms with Crippen molar-refractivity contribution in [3.8, 4) is 0 Å². The monoisotopic (exact) mass is 109 g/mol. The lowest BCUT2D eigenvalue weighted by atomic mass is 10.3. The summed E-state index contributed by atoms with van der Waals surface area (Å²) in [5.41, 5.74) is 0.590. The van der Waals surface area contributed by atoms with Crippen molar-refractivity contribution in [3.63, 3.8) is 0 Å². The van der Waals surface area contributed by atoms with Gasteiger partial charge in [-0.15, -0.1) is 6.58 Å². The first-order valence-electron chi connectivity index (χ1n) is 2.60. The first-order chi connectivity index (χ1) is 3.77. The van der Waals surface area contributed by atoms with E-state index in [0.29, 0.717) is 5.71 Å². The molecule has 8 heavy (non-hydrogen) atoms. The van der Waals surface area contributed by atoms with Crippen LogP contribution in [0.5, 0.6) is 0 Å². The number of nitrogens with one attached hydrogen (secondary N) is 1. The minimum absolute atomic E-state index is 0.590. The van der Waals surface area contributed by atoms with Gasteiger partial charge in [-0.3, -0.25) is 0 Å². The predicted molar refractivity (Wildman–Crippen MR) is 37.4 cm³/mol. The molecule has 0 amide bonds. The fraction of sp³-hybridized carbons (Fsp3) is 0.286. The summed E-state index contributed by atoms with van der Waals surface area (Å²) < 4.78 is 0. The average Bonchev–Trinajstić information content (AvgIpc) is 1.66. The second-order valence-electron chi connectivity index (χ2n) is 1.61. The van der Waals surface area contributed by atoms with Gasteiger partial charge in [0.1, 0.15) is 0 Å². The van der Waals surface area contributed by atoms with Crippen molar-refractivity contribution >= 4 is 5.71 Å². The van der Waals surface area contributed by atoms with Gasteiger partial charge in [0.05, 0.1) is 0 Å². The Morgan fingerprint density at radius 3 is 2.75 bits per heavy atom. The van der Waals surface area contributed by atoms with E-state index >= 15 is 0 Å². The summed E-state index contributed by atoms with van der Waals surface area (Å²) in [7, 11) is 0. The number of allylic oxidation sites excluding steroid dienone is 3. The molecule has 0 aliphatic carbocycles. The van der Waals surface area contributed by atoms with Crippen molar-refractivity contribution in [2.75, 3.05) is 0 Å². The highest BCUT2D eigenvalue weighted by Crippen LogP contribution is 1.82. The molecule has 0 aliphatic heterocycles. The van der Waals surface area contributed by atoms with Crippen LogP contribution in [0.3, 0.4) is 0 Å². The molecule has 0 saturated heterocycles. The zero-order chi connectivity index (χ0) is 6.41. The van der Waals surface area contributed by atoms with Crippen LogP contribution >= 0.6 is 0 Å². The topological polar surface area (TPSA) is 23.9 Å². The van der Waals surface area contributed by atoms with E-state index in [1.165, 1.54) is 0 Å². The summed E-state index contributed by atoms with van der Waals surface area (Å²) in [4.78, 5) is 0. The standard InChI is InChI=1S/C7H11N/c1-3-4-5-6-7(2)8/h3,5-6,8H,1,4H2,2H3/b6-5-,8-7?. The Balaban J connectivity index is 3.34. The van der Waals surface area contributed by atoms with Crippen molar-refractivity contribution in [2.24, 2.45) is 0 Å². The minimum Gasteiger partial charge on any atom is -0.306 e. The maximum absolute atomic E-state index is 6.95. The zero-order valence-electron chi connectivity index (χ0n) is 5.15. The van der Waals surface area contributed by atoms with E-state index in [9.17, 15) is 0 Å². The van der Waals surface area contributed by atoms with Crippen LogP contribution < -0.4 is 0 Å². The van der Waals surface area contributed by atoms with Crippen LogP contribution in [0.25, 0.3) is 0 Å². The van der Waals surface area contributed by atoms with Gasteiger partial charge in [0.15, 0.2) is 0 Å². The summed E-state index contributed by atoms with van der Waals surface area (Å²) >= 11 is 0. The second kappa shape index (κ2) is 4.31. The van der Waals surface area contributed by atoms with Gasteiger partial charge in [0, 0.05) is 5.71 Å². The van der Waals surface area contributed by atoms with Crippen LogP contribution in [-0.4, -0.2) is 5.71 Å². The van der Waals surface area contributed by atoms with E-state index in [2.05, 4.69) is 6.58 Å². The zero-order valence-corrected chi connectivity index (χ0v) is 5.15. The molecule has 0 rings (SSSR count). The lowest BCUT2D eigenvalue weighted by Gasteiger charge is -1.79. The van der Waals surface area contributed by atoms with Gasteiger partial charge in [0.25, 0.3) is 0 Å². The van der Waals surface area contributed by atoms with E-state index in [4.69, 9.17) is 5.41 Å². The Morgan fingerprint density at radius 2 is 2.38 bits per heavy atom. The molecule has 0 aromatic heterocycles. The molecule has 1 nitrogen and oxygen atoms in total. The van der Waals surface area contributed by atoms with Crippen LogP contribution in [0.15, 0.2) is 24.8 Å². The maximum atomic E-state index is 6.95. The third-order valence-electron chi connectivity index (χ3n) is 0.671. The molecule has 0 aromatic rings. The molecular formula is C7H11N. The number of hydrogen-bond acceptors (Lipinski definition) is 1. The highest BCUT2D eigenvalue weighted by atomic mass is 14.4. The summed E-state index contributed by atoms with van der Waals surface area (Å²) in [6.07, 6.45) is 6.34. The van der Waals surface area contributed by atoms with E-state index in [1.54, 1.807) is 19.1 Å². The van der Waals surface area contributed by atoms with Crippen LogP contribution in [0.2, 0.25) is 0 Å². The fourth-order valence-corrected chi connectivity index (χ4v) is 0.341. The molecule has 0 saturated carbocycles. The molecule has 1 heteroatoms. The van der Waals surface area contributed by atoms with Gasteiger partial charge < -0.3 is 5.41 Å². The lowest BCUT2D eigenvalue weighted by molar-refractivity contribution is 1.40. The maximum Gasteiger partial charge on any atom is 0.0279 e. The first-order valence-corrected chi connectivity index (χ1v) is 2.60. The Morgan fingerprint density at radius 1 is 1.75 bits per heavy atom. The van der Waals surface area contributed by atoms with Crippen molar-refractivity contribution < 1.29 is 0 Å². The molecule has 0 bridgehead atoms. The Bertz CT molecular complexity index is 112. The van der Waals surface area contributed by atoms with Gasteiger partial charge >= 0.3 is 0 Å². The van der Waals surface area contributed by atoms with Gasteiger partial charge in [-0.05, 0) is 19.4 Å². The highest BCUT2D eigenvalue weighted by molar-refractivity contribution is 5.89. The molecular weight excluding hydrogens is 98.1 g/mol. The van der Waals surface area contributed by atoms with Crippen LogP contribution in [0, 0.1) is 5.41 Å². The molecule has 0 unspecified atom stereocenters. The molecule has 44 valence electrons. The molecule has 1 N–H and O–H groups in total. The smallest absolute Gasteiger partial charge is 0.0279 e. The van der Waals surface area contributed by atoms with E-state index in [0.717, 1.165) is 6.42 Å². The van der Waals surface area contributed by atoms with Crippen molar-refractivity contribution in [1.29, 1.82) is 5.41 Å². The normalized spacial score (nSPS) is 9.62. The van der Waals surface area contributed by atoms with Crippen molar-refractivity contribution in [2.45, 2.75) is 13.3 Å². The Kier molecular flexibility index (Phi) is 3.85. The van der Waals surface area contributed by atoms with Gasteiger partial charge in [0.2, 0.25) is 0 Å². The van der Waals surface area contributed by atoms with E-state index in [-0.39, 0.29) is 0 Å². The summed E-state index contributed by atoms with van der Waals surface area (Å²) in [5, 5.41) is 6.95. The van der Waals surface area contributed by atoms with E-state index < -0.39 is 0 Å². The minimum atomic E-state index is 0.590. The highest BCUT2D eigenvalue weighted by Gasteiger charge is 1.71. The summed E-state index contributed by atoms with van der Waals surface area (Å²) in [6.45, 7) is 5.29. The summed E-state index contributed by atoms with van der Waals surface area (Å²) in [5.74, 6) is 0. The average molecular weight is 109 g/mol. The molecule has 0 aliphatic rings. The van der Waals surface area contributed by atoms with Crippen LogP contribution in [-0.2, 0) is 0 Å². The van der Waals surface area contributed by atoms with Gasteiger partial charge in [-0.25, -0.2) is 0 Å². The summed E-state index contributed by atoms with van der Waals surface area (Å²) in [6, 6.07) is 0. The Hall–Kier alpha value is -0.850. The van der Waals surface area contributed by atoms with Crippen molar-refractivity contribution in [3.05, 3.63) is 24.8 Å². The molecule has 0 fully saturated rings. The fourth-order valence-electron chi connectivity index (χ4n) is 0.341. The lowest BCUT2D eigenvalue weighted by Crippen LogP contribution is -1.75. The van der Waals surface area contributed by atoms with Gasteiger partial charge in [-0.2, -0.15) is 0 Å². The quantitative estimate of drug-likeness (QED) is 0.424.